The van der Waals surface area contributed by atoms with Gasteiger partial charge in [0.1, 0.15) is 12.1 Å². The van der Waals surface area contributed by atoms with Crippen LogP contribution in [0, 0.1) is 0 Å². The molecule has 0 saturated heterocycles. The van der Waals surface area contributed by atoms with Crippen molar-refractivity contribution in [2.75, 3.05) is 0 Å². The molecule has 11 rings (SSSR count). The fourth-order valence-corrected chi connectivity index (χ4v) is 8.25. The van der Waals surface area contributed by atoms with Gasteiger partial charge in [-0.2, -0.15) is 0 Å². The van der Waals surface area contributed by atoms with Crippen molar-refractivity contribution in [3.63, 3.8) is 0 Å². The van der Waals surface area contributed by atoms with E-state index >= 15 is 0 Å². The van der Waals surface area contributed by atoms with E-state index in [-0.39, 0.29) is 0 Å². The molecule has 0 radical (unpaired) electrons. The highest BCUT2D eigenvalue weighted by atomic mass is 15.1. The molecule has 7 aromatic carbocycles. The topological polar surface area (TPSA) is 35.1 Å². The molecule has 11 aromatic rings. The minimum Gasteiger partial charge on any atom is -0.309 e. The van der Waals surface area contributed by atoms with Gasteiger partial charge in [0.05, 0.1) is 33.3 Å². The summed E-state index contributed by atoms with van der Waals surface area (Å²) in [5, 5.41) is 7.35. The lowest BCUT2D eigenvalue weighted by molar-refractivity contribution is 1.04. The third kappa shape index (κ3) is 4.28. The van der Waals surface area contributed by atoms with Crippen molar-refractivity contribution in [3.8, 4) is 39.3 Å². The third-order valence-electron chi connectivity index (χ3n) is 10.6. The molecule has 0 spiro atoms. The average Bonchev–Trinajstić information content (AvgIpc) is 3.79. The summed E-state index contributed by atoms with van der Waals surface area (Å²) in [5.74, 6) is 0.839. The highest BCUT2D eigenvalue weighted by Crippen LogP contribution is 2.41. The smallest absolute Gasteiger partial charge is 0.141 e. The lowest BCUT2D eigenvalue weighted by atomic mass is 9.98. The molecule has 4 heteroatoms. The Labute approximate surface area is 299 Å². The summed E-state index contributed by atoms with van der Waals surface area (Å²) in [7, 11) is 0. The zero-order valence-corrected chi connectivity index (χ0v) is 28.1. The van der Waals surface area contributed by atoms with Crippen LogP contribution in [0.2, 0.25) is 0 Å². The molecule has 0 saturated carbocycles. The van der Waals surface area contributed by atoms with Crippen LogP contribution in [0.15, 0.2) is 182 Å². The predicted octanol–water partition coefficient (Wildman–Crippen LogP) is 12.3. The fraction of sp³-hybridized carbons (Fsp3) is 0. The Morgan fingerprint density at radius 3 is 1.69 bits per heavy atom. The van der Waals surface area contributed by atoms with Crippen molar-refractivity contribution in [1.82, 2.24) is 18.9 Å². The van der Waals surface area contributed by atoms with E-state index < -0.39 is 0 Å². The van der Waals surface area contributed by atoms with Gasteiger partial charge in [-0.3, -0.25) is 4.57 Å². The Hall–Kier alpha value is -7.04. The highest BCUT2D eigenvalue weighted by molar-refractivity contribution is 6.22. The molecular formula is C48H30N4. The Bertz CT molecular complexity index is 3170. The number of fused-ring (bicyclic) bond motifs is 12. The Morgan fingerprint density at radius 1 is 0.327 bits per heavy atom. The lowest BCUT2D eigenvalue weighted by Crippen LogP contribution is -1.99. The first-order valence-electron chi connectivity index (χ1n) is 17.7. The number of para-hydroxylation sites is 2. The summed E-state index contributed by atoms with van der Waals surface area (Å²) in [6.45, 7) is 0. The number of nitrogens with zero attached hydrogens (tertiary/aromatic N) is 4. The number of pyridine rings is 1. The Kier molecular flexibility index (Phi) is 6.22. The summed E-state index contributed by atoms with van der Waals surface area (Å²) < 4.78 is 4.76. The van der Waals surface area contributed by atoms with Crippen LogP contribution in [-0.2, 0) is 0 Å². The molecule has 0 atom stereocenters. The summed E-state index contributed by atoms with van der Waals surface area (Å²) >= 11 is 0. The van der Waals surface area contributed by atoms with Crippen molar-refractivity contribution in [2.45, 2.75) is 0 Å². The largest absolute Gasteiger partial charge is 0.309 e. The maximum atomic E-state index is 4.93. The van der Waals surface area contributed by atoms with Crippen molar-refractivity contribution < 1.29 is 0 Å². The summed E-state index contributed by atoms with van der Waals surface area (Å²) in [6, 6.07) is 63.1. The normalized spacial score (nSPS) is 11.8. The van der Waals surface area contributed by atoms with E-state index in [0.29, 0.717) is 0 Å². The van der Waals surface area contributed by atoms with E-state index in [0.717, 1.165) is 33.7 Å². The fourth-order valence-electron chi connectivity index (χ4n) is 8.25. The second-order valence-corrected chi connectivity index (χ2v) is 13.5. The van der Waals surface area contributed by atoms with E-state index in [1.54, 1.807) is 6.33 Å². The molecule has 4 aromatic heterocycles. The number of benzene rings is 7. The molecule has 0 aliphatic rings. The van der Waals surface area contributed by atoms with Crippen molar-refractivity contribution in [2.24, 2.45) is 0 Å². The van der Waals surface area contributed by atoms with Gasteiger partial charge in [0.2, 0.25) is 0 Å². The van der Waals surface area contributed by atoms with Gasteiger partial charge in [-0.05, 0) is 58.0 Å². The lowest BCUT2D eigenvalue weighted by Gasteiger charge is -2.11. The maximum Gasteiger partial charge on any atom is 0.141 e. The second-order valence-electron chi connectivity index (χ2n) is 13.5. The Balaban J connectivity index is 1.11. The molecule has 4 nitrogen and oxygen atoms in total. The van der Waals surface area contributed by atoms with E-state index in [1.807, 2.05) is 0 Å². The van der Waals surface area contributed by atoms with Gasteiger partial charge in [-0.25, -0.2) is 9.97 Å². The summed E-state index contributed by atoms with van der Waals surface area (Å²) in [6.07, 6.45) is 1.70. The molecule has 242 valence electrons. The van der Waals surface area contributed by atoms with Crippen LogP contribution < -0.4 is 0 Å². The molecule has 0 N–H and O–H groups in total. The summed E-state index contributed by atoms with van der Waals surface area (Å²) in [5.41, 5.74) is 12.5. The van der Waals surface area contributed by atoms with Gasteiger partial charge >= 0.3 is 0 Å². The van der Waals surface area contributed by atoms with Crippen molar-refractivity contribution >= 4 is 59.9 Å². The van der Waals surface area contributed by atoms with E-state index in [4.69, 9.17) is 9.97 Å². The number of hydrogen-bond donors (Lipinski definition) is 0. The van der Waals surface area contributed by atoms with E-state index in [9.17, 15) is 0 Å². The van der Waals surface area contributed by atoms with Crippen LogP contribution in [0.1, 0.15) is 0 Å². The van der Waals surface area contributed by atoms with Crippen LogP contribution in [0.25, 0.3) is 99.2 Å². The molecule has 0 fully saturated rings. The van der Waals surface area contributed by atoms with Crippen molar-refractivity contribution in [3.05, 3.63) is 182 Å². The molecule has 0 bridgehead atoms. The molecule has 0 aliphatic carbocycles. The SMILES string of the molecule is c1ccc(-c2ccc(-c3cccc(-c4cc(-n5c6ccccc6c6ccc7c(cc8c9ccccc9c9ccccc9n87)c65)ncn4)c3)cc2)cc1. The average molecular weight is 663 g/mol. The van der Waals surface area contributed by atoms with Crippen LogP contribution in [0.4, 0.5) is 0 Å². The molecule has 52 heavy (non-hydrogen) atoms. The van der Waals surface area contributed by atoms with Gasteiger partial charge in [0.25, 0.3) is 0 Å². The monoisotopic (exact) mass is 662 g/mol. The third-order valence-corrected chi connectivity index (χ3v) is 10.6. The summed E-state index contributed by atoms with van der Waals surface area (Å²) in [4.78, 5) is 9.74. The van der Waals surface area contributed by atoms with Crippen LogP contribution in [0.3, 0.4) is 0 Å². The Morgan fingerprint density at radius 2 is 0.904 bits per heavy atom. The second kappa shape index (κ2) is 11.2. The maximum absolute atomic E-state index is 4.93. The van der Waals surface area contributed by atoms with Gasteiger partial charge < -0.3 is 4.40 Å². The predicted molar refractivity (Wildman–Crippen MR) is 216 cm³/mol. The molecule has 0 aliphatic heterocycles. The zero-order valence-electron chi connectivity index (χ0n) is 28.1. The van der Waals surface area contributed by atoms with Crippen molar-refractivity contribution in [1.29, 1.82) is 0 Å². The first-order chi connectivity index (χ1) is 25.8. The molecule has 0 amide bonds. The first kappa shape index (κ1) is 28.8. The number of aromatic nitrogens is 4. The van der Waals surface area contributed by atoms with Crippen LogP contribution in [-0.4, -0.2) is 18.9 Å². The van der Waals surface area contributed by atoms with Gasteiger partial charge in [0, 0.05) is 38.6 Å². The molecule has 0 unspecified atom stereocenters. The molecular weight excluding hydrogens is 633 g/mol. The minimum atomic E-state index is 0.839. The zero-order chi connectivity index (χ0) is 34.2. The van der Waals surface area contributed by atoms with E-state index in [1.165, 1.54) is 65.6 Å². The van der Waals surface area contributed by atoms with Gasteiger partial charge in [-0.1, -0.05) is 140 Å². The highest BCUT2D eigenvalue weighted by Gasteiger charge is 2.20. The standard InChI is InChI=1S/C48H30N4/c1-2-11-31(12-3-1)32-21-23-33(24-22-32)34-13-10-14-35(27-34)42-29-47(50-30-49-42)52-44-20-9-7-18-39(44)40-25-26-45-41(48(40)52)28-46-38-17-5-4-15-36(38)37-16-6-8-19-43(37)51(45)46/h1-30H. The van der Waals surface area contributed by atoms with Crippen LogP contribution >= 0.6 is 0 Å². The van der Waals surface area contributed by atoms with Crippen LogP contribution in [0.5, 0.6) is 0 Å². The number of hydrogen-bond acceptors (Lipinski definition) is 2. The molecule has 4 heterocycles. The first-order valence-corrected chi connectivity index (χ1v) is 17.7. The van der Waals surface area contributed by atoms with Gasteiger partial charge in [-0.15, -0.1) is 0 Å². The minimum absolute atomic E-state index is 0.839. The van der Waals surface area contributed by atoms with Gasteiger partial charge in [0.15, 0.2) is 0 Å². The van der Waals surface area contributed by atoms with E-state index in [2.05, 4.69) is 185 Å². The number of rotatable bonds is 4. The quantitative estimate of drug-likeness (QED) is 0.176.